The van der Waals surface area contributed by atoms with E-state index in [-0.39, 0.29) is 5.91 Å². The largest absolute Gasteiger partial charge is 0.457 e. The van der Waals surface area contributed by atoms with Crippen LogP contribution in [-0.4, -0.2) is 32.0 Å². The molecule has 2 aromatic carbocycles. The highest BCUT2D eigenvalue weighted by Gasteiger charge is 2.12. The fourth-order valence-corrected chi connectivity index (χ4v) is 3.98. The second-order valence-electron chi connectivity index (χ2n) is 8.12. The minimum Gasteiger partial charge on any atom is -0.457 e. The van der Waals surface area contributed by atoms with E-state index in [1.807, 2.05) is 66.2 Å². The second kappa shape index (κ2) is 10.6. The van der Waals surface area contributed by atoms with E-state index in [2.05, 4.69) is 36.5 Å². The van der Waals surface area contributed by atoms with Crippen LogP contribution in [0.4, 0.5) is 11.6 Å². The third-order valence-electron chi connectivity index (χ3n) is 5.60. The monoisotopic (exact) mass is 542 g/mol. The Hall–Kier alpha value is -4.24. The lowest BCUT2D eigenvalue weighted by Gasteiger charge is -2.08. The Morgan fingerprint density at radius 2 is 1.75 bits per heavy atom. The van der Waals surface area contributed by atoms with Crippen molar-refractivity contribution in [2.45, 2.75) is 6.42 Å². The summed E-state index contributed by atoms with van der Waals surface area (Å²) in [6.45, 7) is 0.503. The molecule has 36 heavy (non-hydrogen) atoms. The van der Waals surface area contributed by atoms with E-state index in [0.717, 1.165) is 32.7 Å². The lowest BCUT2D eigenvalue weighted by molar-refractivity contribution is 0.0949. The predicted octanol–water partition coefficient (Wildman–Crippen LogP) is 5.63. The van der Waals surface area contributed by atoms with E-state index in [9.17, 15) is 4.79 Å². The van der Waals surface area contributed by atoms with Crippen LogP contribution < -0.4 is 15.4 Å². The third kappa shape index (κ3) is 5.52. The van der Waals surface area contributed by atoms with Crippen molar-refractivity contribution in [2.24, 2.45) is 7.05 Å². The molecule has 0 spiro atoms. The van der Waals surface area contributed by atoms with Crippen LogP contribution in [-0.2, 0) is 13.5 Å². The highest BCUT2D eigenvalue weighted by molar-refractivity contribution is 9.10. The average Bonchev–Trinajstić information content (AvgIpc) is 3.20. The first kappa shape index (κ1) is 23.5. The van der Waals surface area contributed by atoms with Crippen molar-refractivity contribution >= 4 is 44.5 Å². The molecular weight excluding hydrogens is 520 g/mol. The normalized spacial score (nSPS) is 10.8. The van der Waals surface area contributed by atoms with E-state index >= 15 is 0 Å². The van der Waals surface area contributed by atoms with Crippen LogP contribution in [0.3, 0.4) is 0 Å². The van der Waals surface area contributed by atoms with Crippen molar-refractivity contribution in [3.05, 3.63) is 101 Å². The van der Waals surface area contributed by atoms with Crippen LogP contribution >= 0.6 is 15.9 Å². The number of rotatable bonds is 8. The zero-order valence-electron chi connectivity index (χ0n) is 19.5. The summed E-state index contributed by atoms with van der Waals surface area (Å²) in [5.74, 6) is 1.61. The van der Waals surface area contributed by atoms with Gasteiger partial charge in [-0.2, -0.15) is 0 Å². The van der Waals surface area contributed by atoms with Gasteiger partial charge in [0, 0.05) is 54.5 Å². The number of imidazole rings is 1. The number of nitrogens with one attached hydrogen (secondary N) is 2. The lowest BCUT2D eigenvalue weighted by Crippen LogP contribution is -2.26. The third-order valence-corrected chi connectivity index (χ3v) is 6.13. The molecule has 1 amide bonds. The number of aryl methyl sites for hydroxylation is 1. The fourth-order valence-electron chi connectivity index (χ4n) is 3.71. The van der Waals surface area contributed by atoms with Gasteiger partial charge in [-0.15, -0.1) is 0 Å². The van der Waals surface area contributed by atoms with Crippen molar-refractivity contribution in [1.29, 1.82) is 0 Å². The number of carbonyl (C=O) groups is 1. The fraction of sp³-hybridized carbons (Fsp3) is 0.111. The maximum absolute atomic E-state index is 12.6. The highest BCUT2D eigenvalue weighted by atomic mass is 79.9. The molecule has 0 atom stereocenters. The first-order chi connectivity index (χ1) is 17.5. The van der Waals surface area contributed by atoms with Gasteiger partial charge in [-0.1, -0.05) is 15.9 Å². The average molecular weight is 543 g/mol. The Morgan fingerprint density at radius 3 is 2.56 bits per heavy atom. The maximum atomic E-state index is 12.6. The topological polar surface area (TPSA) is 94.0 Å². The number of ether oxygens (including phenoxy) is 1. The molecule has 3 aromatic heterocycles. The first-order valence-corrected chi connectivity index (χ1v) is 12.1. The Kier molecular flexibility index (Phi) is 6.90. The number of carbonyl (C=O) groups excluding carboxylic acids is 1. The van der Waals surface area contributed by atoms with Gasteiger partial charge in [0.15, 0.2) is 0 Å². The summed E-state index contributed by atoms with van der Waals surface area (Å²) < 4.78 is 9.03. The molecule has 0 fully saturated rings. The zero-order valence-corrected chi connectivity index (χ0v) is 21.1. The van der Waals surface area contributed by atoms with Gasteiger partial charge in [-0.05, 0) is 66.6 Å². The molecule has 0 aliphatic rings. The van der Waals surface area contributed by atoms with Crippen molar-refractivity contribution in [1.82, 2.24) is 24.8 Å². The minimum absolute atomic E-state index is 0.252. The summed E-state index contributed by atoms with van der Waals surface area (Å²) in [7, 11) is 1.96. The molecule has 0 saturated carbocycles. The summed E-state index contributed by atoms with van der Waals surface area (Å²) >= 11 is 3.45. The SMILES string of the molecule is Cn1c(Nc2ccc(Br)cc2)nc2cc(Oc3ccnc(C(=O)NCCc4ccncc4)c3)ccc21. The van der Waals surface area contributed by atoms with Crippen molar-refractivity contribution < 1.29 is 9.53 Å². The molecule has 0 aliphatic carbocycles. The summed E-state index contributed by atoms with van der Waals surface area (Å²) in [5, 5.41) is 6.23. The Balaban J connectivity index is 1.26. The van der Waals surface area contributed by atoms with Gasteiger partial charge in [0.2, 0.25) is 5.95 Å². The molecule has 8 nitrogen and oxygen atoms in total. The Labute approximate surface area is 216 Å². The van der Waals surface area contributed by atoms with E-state index in [4.69, 9.17) is 9.72 Å². The molecule has 0 aliphatic heterocycles. The summed E-state index contributed by atoms with van der Waals surface area (Å²) in [6.07, 6.45) is 5.75. The van der Waals surface area contributed by atoms with E-state index < -0.39 is 0 Å². The van der Waals surface area contributed by atoms with Crippen molar-refractivity contribution in [3.63, 3.8) is 0 Å². The number of aromatic nitrogens is 4. The van der Waals surface area contributed by atoms with Gasteiger partial charge in [-0.3, -0.25) is 14.8 Å². The number of pyridine rings is 2. The highest BCUT2D eigenvalue weighted by Crippen LogP contribution is 2.28. The number of anilines is 2. The van der Waals surface area contributed by atoms with Gasteiger partial charge in [0.1, 0.15) is 17.2 Å². The summed E-state index contributed by atoms with van der Waals surface area (Å²) in [4.78, 5) is 25.5. The number of hydrogen-bond acceptors (Lipinski definition) is 6. The maximum Gasteiger partial charge on any atom is 0.270 e. The number of benzene rings is 2. The smallest absolute Gasteiger partial charge is 0.270 e. The number of amides is 1. The molecule has 3 heterocycles. The van der Waals surface area contributed by atoms with Crippen molar-refractivity contribution in [2.75, 3.05) is 11.9 Å². The molecule has 5 rings (SSSR count). The van der Waals surface area contributed by atoms with Gasteiger partial charge < -0.3 is 19.9 Å². The first-order valence-electron chi connectivity index (χ1n) is 11.4. The van der Waals surface area contributed by atoms with Crippen molar-refractivity contribution in [3.8, 4) is 11.5 Å². The number of fused-ring (bicyclic) bond motifs is 1. The van der Waals surface area contributed by atoms with E-state index in [0.29, 0.717) is 30.2 Å². The van der Waals surface area contributed by atoms with Gasteiger partial charge in [0.05, 0.1) is 11.0 Å². The predicted molar refractivity (Wildman–Crippen MR) is 143 cm³/mol. The molecule has 2 N–H and O–H groups in total. The molecular formula is C27H23BrN6O2. The van der Waals surface area contributed by atoms with Crippen LogP contribution in [0.2, 0.25) is 0 Å². The van der Waals surface area contributed by atoms with Gasteiger partial charge in [-0.25, -0.2) is 4.98 Å². The van der Waals surface area contributed by atoms with E-state index in [1.165, 1.54) is 0 Å². The molecule has 5 aromatic rings. The van der Waals surface area contributed by atoms with Gasteiger partial charge >= 0.3 is 0 Å². The number of halogens is 1. The second-order valence-corrected chi connectivity index (χ2v) is 9.03. The molecule has 0 bridgehead atoms. The molecule has 0 unspecified atom stereocenters. The van der Waals surface area contributed by atoms with Gasteiger partial charge in [0.25, 0.3) is 5.91 Å². The Morgan fingerprint density at radius 1 is 0.972 bits per heavy atom. The van der Waals surface area contributed by atoms with Crippen LogP contribution in [0.25, 0.3) is 11.0 Å². The Bertz CT molecular complexity index is 1500. The quantitative estimate of drug-likeness (QED) is 0.263. The van der Waals surface area contributed by atoms with Crippen LogP contribution in [0, 0.1) is 0 Å². The van der Waals surface area contributed by atoms with Crippen LogP contribution in [0.5, 0.6) is 11.5 Å². The molecule has 0 radical (unpaired) electrons. The number of nitrogens with zero attached hydrogens (tertiary/aromatic N) is 4. The van der Waals surface area contributed by atoms with Crippen LogP contribution in [0.1, 0.15) is 16.1 Å². The minimum atomic E-state index is -0.252. The van der Waals surface area contributed by atoms with E-state index in [1.54, 1.807) is 30.7 Å². The molecule has 180 valence electrons. The number of hydrogen-bond donors (Lipinski definition) is 2. The summed E-state index contributed by atoms with van der Waals surface area (Å²) in [5.41, 5.74) is 4.10. The molecule has 9 heteroatoms. The standard InChI is InChI=1S/C27H23BrN6O2/c1-34-25-7-6-21(16-23(25)33-27(34)32-20-4-2-19(28)3-5-20)36-22-11-15-30-24(17-22)26(35)31-14-10-18-8-12-29-13-9-18/h2-9,11-13,15-17H,10,14H2,1H3,(H,31,35)(H,32,33). The molecule has 0 saturated heterocycles. The summed E-state index contributed by atoms with van der Waals surface area (Å²) in [6, 6.07) is 20.8. The zero-order chi connectivity index (χ0) is 24.9. The lowest BCUT2D eigenvalue weighted by atomic mass is 10.2. The van der Waals surface area contributed by atoms with Crippen LogP contribution in [0.15, 0.2) is 89.8 Å².